The molecule has 1 aromatic heterocycles. The second-order valence-electron chi connectivity index (χ2n) is 4.84. The number of carboxylic acid groups (broad SMARTS) is 1. The molecule has 1 rings (SSSR count). The second kappa shape index (κ2) is 7.04. The van der Waals surface area contributed by atoms with Crippen molar-refractivity contribution in [3.05, 3.63) is 17.0 Å². The Kier molecular flexibility index (Phi) is 5.69. The molecule has 1 heterocycles. The van der Waals surface area contributed by atoms with E-state index < -0.39 is 17.9 Å². The third kappa shape index (κ3) is 5.00. The molecule has 0 saturated carbocycles. The van der Waals surface area contributed by atoms with Crippen LogP contribution in [0.15, 0.2) is 12.1 Å². The summed E-state index contributed by atoms with van der Waals surface area (Å²) >= 11 is 1.10. The van der Waals surface area contributed by atoms with Crippen molar-refractivity contribution < 1.29 is 19.5 Å². The largest absolute Gasteiger partial charge is 0.480 e. The van der Waals surface area contributed by atoms with Gasteiger partial charge in [-0.1, -0.05) is 13.8 Å². The van der Waals surface area contributed by atoms with Gasteiger partial charge in [0.25, 0.3) is 5.91 Å². The van der Waals surface area contributed by atoms with Gasteiger partial charge < -0.3 is 15.7 Å². The average molecular weight is 298 g/mol. The molecule has 0 bridgehead atoms. The normalized spacial score (nSPS) is 12.0. The van der Waals surface area contributed by atoms with E-state index in [0.29, 0.717) is 16.3 Å². The maximum absolute atomic E-state index is 12.0. The quantitative estimate of drug-likeness (QED) is 0.748. The first-order valence-corrected chi connectivity index (χ1v) is 7.02. The van der Waals surface area contributed by atoms with E-state index in [0.717, 1.165) is 11.3 Å². The van der Waals surface area contributed by atoms with E-state index in [1.165, 1.54) is 6.92 Å². The topological polar surface area (TPSA) is 95.5 Å². The van der Waals surface area contributed by atoms with Gasteiger partial charge in [-0.05, 0) is 24.5 Å². The number of carboxylic acids is 1. The van der Waals surface area contributed by atoms with Crippen LogP contribution >= 0.6 is 11.3 Å². The molecule has 110 valence electrons. The first-order chi connectivity index (χ1) is 9.29. The monoisotopic (exact) mass is 298 g/mol. The van der Waals surface area contributed by atoms with E-state index in [1.54, 1.807) is 12.1 Å². The van der Waals surface area contributed by atoms with Gasteiger partial charge >= 0.3 is 5.97 Å². The number of hydrogen-bond acceptors (Lipinski definition) is 4. The minimum absolute atomic E-state index is 0.162. The van der Waals surface area contributed by atoms with Crippen LogP contribution in [0.3, 0.4) is 0 Å². The van der Waals surface area contributed by atoms with Crippen LogP contribution in [0.1, 0.15) is 36.9 Å². The minimum Gasteiger partial charge on any atom is -0.480 e. The Hall–Kier alpha value is -1.89. The highest BCUT2D eigenvalue weighted by Gasteiger charge is 2.22. The van der Waals surface area contributed by atoms with E-state index in [1.807, 2.05) is 13.8 Å². The van der Waals surface area contributed by atoms with Crippen molar-refractivity contribution in [1.82, 2.24) is 5.32 Å². The Morgan fingerprint density at radius 3 is 2.45 bits per heavy atom. The van der Waals surface area contributed by atoms with Crippen molar-refractivity contribution in [2.45, 2.75) is 33.2 Å². The highest BCUT2D eigenvalue weighted by atomic mass is 32.1. The summed E-state index contributed by atoms with van der Waals surface area (Å²) < 4.78 is 0. The third-order valence-electron chi connectivity index (χ3n) is 2.44. The number of amides is 2. The van der Waals surface area contributed by atoms with E-state index in [-0.39, 0.29) is 11.8 Å². The van der Waals surface area contributed by atoms with Gasteiger partial charge in [-0.2, -0.15) is 0 Å². The lowest BCUT2D eigenvalue weighted by Crippen LogP contribution is -2.41. The summed E-state index contributed by atoms with van der Waals surface area (Å²) in [6, 6.07) is 2.26. The number of thiophene rings is 1. The van der Waals surface area contributed by atoms with Gasteiger partial charge in [0, 0.05) is 6.92 Å². The summed E-state index contributed by atoms with van der Waals surface area (Å²) in [6.07, 6.45) is 0.366. The molecule has 0 aromatic carbocycles. The number of rotatable bonds is 6. The lowest BCUT2D eigenvalue weighted by atomic mass is 10.0. The average Bonchev–Trinajstić information content (AvgIpc) is 2.74. The van der Waals surface area contributed by atoms with Crippen LogP contribution in [-0.4, -0.2) is 28.9 Å². The Bertz CT molecular complexity index is 510. The molecule has 0 spiro atoms. The predicted octanol–water partition coefficient (Wildman–Crippen LogP) is 1.94. The summed E-state index contributed by atoms with van der Waals surface area (Å²) in [5, 5.41) is 14.7. The van der Waals surface area contributed by atoms with E-state index in [9.17, 15) is 14.4 Å². The first kappa shape index (κ1) is 16.2. The Morgan fingerprint density at radius 2 is 1.95 bits per heavy atom. The summed E-state index contributed by atoms with van der Waals surface area (Å²) in [4.78, 5) is 34.3. The van der Waals surface area contributed by atoms with Gasteiger partial charge in [0.1, 0.15) is 6.04 Å². The molecule has 3 N–H and O–H groups in total. The summed E-state index contributed by atoms with van der Waals surface area (Å²) in [5.74, 6) is -1.55. The molecule has 1 aromatic rings. The fourth-order valence-electron chi connectivity index (χ4n) is 1.62. The molecule has 6 nitrogen and oxygen atoms in total. The Morgan fingerprint density at radius 1 is 1.30 bits per heavy atom. The number of hydrogen-bond donors (Lipinski definition) is 3. The van der Waals surface area contributed by atoms with Gasteiger partial charge in [-0.3, -0.25) is 9.59 Å². The number of nitrogens with one attached hydrogen (secondary N) is 2. The number of anilines is 1. The lowest BCUT2D eigenvalue weighted by molar-refractivity contribution is -0.139. The lowest BCUT2D eigenvalue weighted by Gasteiger charge is -2.15. The van der Waals surface area contributed by atoms with E-state index in [4.69, 9.17) is 5.11 Å². The van der Waals surface area contributed by atoms with Crippen molar-refractivity contribution in [3.8, 4) is 0 Å². The van der Waals surface area contributed by atoms with Crippen molar-refractivity contribution >= 4 is 34.1 Å². The van der Waals surface area contributed by atoms with Crippen LogP contribution in [0.2, 0.25) is 0 Å². The van der Waals surface area contributed by atoms with Crippen LogP contribution < -0.4 is 10.6 Å². The van der Waals surface area contributed by atoms with Crippen LogP contribution in [0.5, 0.6) is 0 Å². The highest BCUT2D eigenvalue weighted by Crippen LogP contribution is 2.22. The van der Waals surface area contributed by atoms with Gasteiger partial charge in [0.15, 0.2) is 0 Å². The molecule has 20 heavy (non-hydrogen) atoms. The number of carbonyl (C=O) groups excluding carboxylic acids is 2. The van der Waals surface area contributed by atoms with Gasteiger partial charge in [-0.15, -0.1) is 11.3 Å². The molecular weight excluding hydrogens is 280 g/mol. The molecule has 0 aliphatic carbocycles. The maximum atomic E-state index is 12.0. The molecule has 1 atom stereocenters. The molecule has 7 heteroatoms. The Labute approximate surface area is 121 Å². The molecule has 0 radical (unpaired) electrons. The molecule has 0 aliphatic rings. The van der Waals surface area contributed by atoms with E-state index >= 15 is 0 Å². The molecule has 0 unspecified atom stereocenters. The zero-order valence-corrected chi connectivity index (χ0v) is 12.4. The van der Waals surface area contributed by atoms with Crippen molar-refractivity contribution in [3.63, 3.8) is 0 Å². The standard InChI is InChI=1S/C13H18N2O4S/c1-7(2)6-9(13(18)19)15-12(17)10-4-5-11(20-10)14-8(3)16/h4-5,7,9H,6H2,1-3H3,(H,14,16)(H,15,17)(H,18,19)/t9-/m0/s1. The first-order valence-electron chi connectivity index (χ1n) is 6.20. The highest BCUT2D eigenvalue weighted by molar-refractivity contribution is 7.18. The zero-order valence-electron chi connectivity index (χ0n) is 11.6. The summed E-state index contributed by atoms with van der Waals surface area (Å²) in [7, 11) is 0. The molecule has 0 aliphatic heterocycles. The van der Waals surface area contributed by atoms with E-state index in [2.05, 4.69) is 10.6 Å². The Balaban J connectivity index is 2.71. The molecule has 0 saturated heterocycles. The third-order valence-corrected chi connectivity index (χ3v) is 3.44. The summed E-state index contributed by atoms with van der Waals surface area (Å²) in [6.45, 7) is 5.16. The molecular formula is C13H18N2O4S. The molecule has 2 amide bonds. The van der Waals surface area contributed by atoms with Crippen LogP contribution in [0.25, 0.3) is 0 Å². The fraction of sp³-hybridized carbons (Fsp3) is 0.462. The minimum atomic E-state index is -1.05. The SMILES string of the molecule is CC(=O)Nc1ccc(C(=O)N[C@@H](CC(C)C)C(=O)O)s1. The van der Waals surface area contributed by atoms with Crippen molar-refractivity contribution in [2.75, 3.05) is 5.32 Å². The fourth-order valence-corrected chi connectivity index (χ4v) is 2.48. The van der Waals surface area contributed by atoms with Gasteiger partial charge in [-0.25, -0.2) is 4.79 Å². The van der Waals surface area contributed by atoms with Gasteiger partial charge in [0.05, 0.1) is 9.88 Å². The predicted molar refractivity (Wildman–Crippen MR) is 77.0 cm³/mol. The zero-order chi connectivity index (χ0) is 15.3. The van der Waals surface area contributed by atoms with Gasteiger partial charge in [0.2, 0.25) is 5.91 Å². The van der Waals surface area contributed by atoms with Crippen molar-refractivity contribution in [2.24, 2.45) is 5.92 Å². The summed E-state index contributed by atoms with van der Waals surface area (Å²) in [5.41, 5.74) is 0. The second-order valence-corrected chi connectivity index (χ2v) is 5.92. The number of aliphatic carboxylic acids is 1. The van der Waals surface area contributed by atoms with Crippen LogP contribution in [0, 0.1) is 5.92 Å². The molecule has 0 fully saturated rings. The number of carbonyl (C=O) groups is 3. The smallest absolute Gasteiger partial charge is 0.326 e. The van der Waals surface area contributed by atoms with Crippen LogP contribution in [0.4, 0.5) is 5.00 Å². The van der Waals surface area contributed by atoms with Crippen LogP contribution in [-0.2, 0) is 9.59 Å². The maximum Gasteiger partial charge on any atom is 0.326 e. The van der Waals surface area contributed by atoms with Crippen molar-refractivity contribution in [1.29, 1.82) is 0 Å².